The number of nitrogen functional groups attached to an aromatic ring is 1. The van der Waals surface area contributed by atoms with Crippen LogP contribution in [-0.2, 0) is 0 Å². The van der Waals surface area contributed by atoms with Gasteiger partial charge in [0.1, 0.15) is 0 Å². The predicted octanol–water partition coefficient (Wildman–Crippen LogP) is 2.63. The Kier molecular flexibility index (Phi) is 2.09. The van der Waals surface area contributed by atoms with Crippen molar-refractivity contribution in [1.29, 1.82) is 0 Å². The maximum Gasteiger partial charge on any atom is 0.220 e. The van der Waals surface area contributed by atoms with Gasteiger partial charge in [-0.2, -0.15) is 0 Å². The molecule has 1 aromatic heterocycles. The molecule has 5 heteroatoms. The van der Waals surface area contributed by atoms with E-state index in [4.69, 9.17) is 17.3 Å². The lowest BCUT2D eigenvalue weighted by atomic mass is 10.2. The Bertz CT molecular complexity index is 472. The molecule has 0 spiro atoms. The quantitative estimate of drug-likeness (QED) is 0.790. The van der Waals surface area contributed by atoms with E-state index in [1.54, 1.807) is 12.3 Å². The molecule has 1 heterocycles. The molecule has 2 N–H and O–H groups in total. The number of hydrogen-bond acceptors (Lipinski definition) is 3. The average Bonchev–Trinajstić information content (AvgIpc) is 2.08. The van der Waals surface area contributed by atoms with Gasteiger partial charge >= 0.3 is 0 Å². The molecule has 2 aromatic rings. The summed E-state index contributed by atoms with van der Waals surface area (Å²) in [7, 11) is 0. The Morgan fingerprint density at radius 2 is 2.15 bits per heavy atom. The smallest absolute Gasteiger partial charge is 0.220 e. The molecule has 1 aromatic carbocycles. The molecular weight excluding hydrogens is 253 g/mol. The minimum Gasteiger partial charge on any atom is -0.368 e. The molecule has 13 heavy (non-hydrogen) atoms. The molecule has 0 fully saturated rings. The van der Waals surface area contributed by atoms with E-state index in [9.17, 15) is 0 Å². The highest BCUT2D eigenvalue weighted by Gasteiger charge is 2.02. The molecule has 66 valence electrons. The van der Waals surface area contributed by atoms with Gasteiger partial charge in [0.05, 0.1) is 10.5 Å². The van der Waals surface area contributed by atoms with Crippen LogP contribution in [0.4, 0.5) is 5.95 Å². The second-order valence-electron chi connectivity index (χ2n) is 2.55. The van der Waals surface area contributed by atoms with E-state index in [0.717, 1.165) is 15.4 Å². The first-order valence-electron chi connectivity index (χ1n) is 3.54. The summed E-state index contributed by atoms with van der Waals surface area (Å²) in [6.07, 6.45) is 1.65. The lowest BCUT2D eigenvalue weighted by Crippen LogP contribution is -1.93. The van der Waals surface area contributed by atoms with Crippen molar-refractivity contribution in [2.75, 3.05) is 5.73 Å². The summed E-state index contributed by atoms with van der Waals surface area (Å²) < 4.78 is 0.805. The van der Waals surface area contributed by atoms with Crippen LogP contribution in [0.1, 0.15) is 0 Å². The molecule has 0 saturated heterocycles. The highest BCUT2D eigenvalue weighted by atomic mass is 79.9. The van der Waals surface area contributed by atoms with E-state index < -0.39 is 0 Å². The van der Waals surface area contributed by atoms with Gasteiger partial charge in [-0.3, -0.25) is 0 Å². The molecule has 0 saturated carbocycles. The van der Waals surface area contributed by atoms with E-state index in [1.165, 1.54) is 0 Å². The van der Waals surface area contributed by atoms with Crippen molar-refractivity contribution in [2.24, 2.45) is 0 Å². The first kappa shape index (κ1) is 8.72. The van der Waals surface area contributed by atoms with Gasteiger partial charge in [0.25, 0.3) is 0 Å². The number of anilines is 1. The number of nitrogens with zero attached hydrogens (tertiary/aromatic N) is 2. The van der Waals surface area contributed by atoms with Crippen LogP contribution in [0, 0.1) is 0 Å². The van der Waals surface area contributed by atoms with Crippen molar-refractivity contribution in [1.82, 2.24) is 9.97 Å². The zero-order valence-corrected chi connectivity index (χ0v) is 8.80. The summed E-state index contributed by atoms with van der Waals surface area (Å²) in [6.45, 7) is 0. The first-order valence-corrected chi connectivity index (χ1v) is 4.71. The molecule has 0 aliphatic heterocycles. The van der Waals surface area contributed by atoms with Crippen LogP contribution >= 0.6 is 27.5 Å². The normalized spacial score (nSPS) is 10.6. The standard InChI is InChI=1S/C8H5BrClN3/c9-5-2-7-4(1-6(5)10)3-12-8(11)13-7/h1-3H,(H2,11,12,13). The third-order valence-corrected chi connectivity index (χ3v) is 2.84. The van der Waals surface area contributed by atoms with E-state index >= 15 is 0 Å². The first-order chi connectivity index (χ1) is 6.16. The van der Waals surface area contributed by atoms with Gasteiger partial charge in [-0.25, -0.2) is 9.97 Å². The van der Waals surface area contributed by atoms with Gasteiger partial charge in [-0.15, -0.1) is 0 Å². The molecule has 0 radical (unpaired) electrons. The van der Waals surface area contributed by atoms with Crippen molar-refractivity contribution in [3.05, 3.63) is 27.8 Å². The summed E-state index contributed by atoms with van der Waals surface area (Å²) in [5.74, 6) is 0.265. The van der Waals surface area contributed by atoms with Crippen LogP contribution in [0.15, 0.2) is 22.8 Å². The molecule has 0 atom stereocenters. The maximum atomic E-state index is 5.89. The van der Waals surface area contributed by atoms with E-state index in [0.29, 0.717) is 5.02 Å². The van der Waals surface area contributed by atoms with E-state index in [1.807, 2.05) is 6.07 Å². The van der Waals surface area contributed by atoms with Gasteiger partial charge < -0.3 is 5.73 Å². The Morgan fingerprint density at radius 1 is 1.38 bits per heavy atom. The molecule has 0 unspecified atom stereocenters. The lowest BCUT2D eigenvalue weighted by molar-refractivity contribution is 1.24. The number of nitrogens with two attached hydrogens (primary N) is 1. The lowest BCUT2D eigenvalue weighted by Gasteiger charge is -2.00. The van der Waals surface area contributed by atoms with Crippen LogP contribution < -0.4 is 5.73 Å². The van der Waals surface area contributed by atoms with Crippen molar-refractivity contribution in [3.8, 4) is 0 Å². The summed E-state index contributed by atoms with van der Waals surface area (Å²) in [6, 6.07) is 3.61. The highest BCUT2D eigenvalue weighted by Crippen LogP contribution is 2.26. The van der Waals surface area contributed by atoms with E-state index in [2.05, 4.69) is 25.9 Å². The fraction of sp³-hybridized carbons (Fsp3) is 0. The number of rotatable bonds is 0. The van der Waals surface area contributed by atoms with Gasteiger partial charge in [0.15, 0.2) is 0 Å². The minimum absolute atomic E-state index is 0.265. The second kappa shape index (κ2) is 3.12. The van der Waals surface area contributed by atoms with Crippen molar-refractivity contribution >= 4 is 44.4 Å². The predicted molar refractivity (Wildman–Crippen MR) is 56.7 cm³/mol. The summed E-state index contributed by atoms with van der Waals surface area (Å²) >= 11 is 9.20. The van der Waals surface area contributed by atoms with Crippen LogP contribution in [0.25, 0.3) is 10.9 Å². The van der Waals surface area contributed by atoms with Gasteiger partial charge in [0, 0.05) is 16.1 Å². The molecular formula is C8H5BrClN3. The Morgan fingerprint density at radius 3 is 2.92 bits per heavy atom. The zero-order valence-electron chi connectivity index (χ0n) is 6.46. The van der Waals surface area contributed by atoms with Gasteiger partial charge in [-0.05, 0) is 28.1 Å². The largest absolute Gasteiger partial charge is 0.368 e. The molecule has 0 aliphatic carbocycles. The SMILES string of the molecule is Nc1ncc2cc(Cl)c(Br)cc2n1. The van der Waals surface area contributed by atoms with Crippen molar-refractivity contribution < 1.29 is 0 Å². The fourth-order valence-corrected chi connectivity index (χ4v) is 1.54. The summed E-state index contributed by atoms with van der Waals surface area (Å²) in [5, 5.41) is 1.52. The number of aromatic nitrogens is 2. The van der Waals surface area contributed by atoms with Crippen molar-refractivity contribution in [3.63, 3.8) is 0 Å². The molecule has 0 aliphatic rings. The fourth-order valence-electron chi connectivity index (χ4n) is 1.04. The molecule has 2 rings (SSSR count). The maximum absolute atomic E-state index is 5.89. The summed E-state index contributed by atoms with van der Waals surface area (Å²) in [4.78, 5) is 7.93. The summed E-state index contributed by atoms with van der Waals surface area (Å²) in [5.41, 5.74) is 6.22. The minimum atomic E-state index is 0.265. The third-order valence-electron chi connectivity index (χ3n) is 1.64. The van der Waals surface area contributed by atoms with E-state index in [-0.39, 0.29) is 5.95 Å². The van der Waals surface area contributed by atoms with Crippen LogP contribution in [0.2, 0.25) is 5.02 Å². The highest BCUT2D eigenvalue weighted by molar-refractivity contribution is 9.10. The average molecular weight is 259 g/mol. The number of fused-ring (bicyclic) bond motifs is 1. The topological polar surface area (TPSA) is 51.8 Å². The Balaban J connectivity index is 2.81. The number of hydrogen-bond donors (Lipinski definition) is 1. The number of benzene rings is 1. The van der Waals surface area contributed by atoms with Crippen molar-refractivity contribution in [2.45, 2.75) is 0 Å². The Labute approximate surface area is 88.1 Å². The second-order valence-corrected chi connectivity index (χ2v) is 3.81. The van der Waals surface area contributed by atoms with Crippen LogP contribution in [-0.4, -0.2) is 9.97 Å². The molecule has 3 nitrogen and oxygen atoms in total. The monoisotopic (exact) mass is 257 g/mol. The third kappa shape index (κ3) is 1.59. The number of halogens is 2. The van der Waals surface area contributed by atoms with Gasteiger partial charge in [-0.1, -0.05) is 11.6 Å². The van der Waals surface area contributed by atoms with Gasteiger partial charge in [0.2, 0.25) is 5.95 Å². The molecule has 0 bridgehead atoms. The molecule has 0 amide bonds. The van der Waals surface area contributed by atoms with Crippen LogP contribution in [0.5, 0.6) is 0 Å². The van der Waals surface area contributed by atoms with Crippen LogP contribution in [0.3, 0.4) is 0 Å². The zero-order chi connectivity index (χ0) is 9.42. The Hall–Kier alpha value is -0.870.